The zero-order valence-electron chi connectivity index (χ0n) is 12.3. The molecule has 0 saturated heterocycles. The van der Waals surface area contributed by atoms with Crippen LogP contribution in [0.25, 0.3) is 0 Å². The first-order valence-electron chi connectivity index (χ1n) is 8.09. The lowest BCUT2D eigenvalue weighted by molar-refractivity contribution is 0.104. The van der Waals surface area contributed by atoms with Crippen molar-refractivity contribution in [1.29, 1.82) is 0 Å². The van der Waals surface area contributed by atoms with Crippen LogP contribution in [0.3, 0.4) is 0 Å². The molecule has 0 amide bonds. The van der Waals surface area contributed by atoms with Gasteiger partial charge in [-0.1, -0.05) is 12.1 Å². The minimum Gasteiger partial charge on any atom is -0.288 e. The fourth-order valence-corrected chi connectivity index (χ4v) is 4.84. The number of carbonyl (C=O) groups excluding carboxylic acids is 1. The molecule has 2 aromatic rings. The van der Waals surface area contributed by atoms with Crippen molar-refractivity contribution >= 4 is 17.1 Å². The third-order valence-electron chi connectivity index (χ3n) is 4.83. The van der Waals surface area contributed by atoms with Crippen LogP contribution in [-0.2, 0) is 25.7 Å². The summed E-state index contributed by atoms with van der Waals surface area (Å²) in [6.07, 6.45) is 9.74. The van der Waals surface area contributed by atoms with Gasteiger partial charge in [0.15, 0.2) is 0 Å². The summed E-state index contributed by atoms with van der Waals surface area (Å²) in [5.41, 5.74) is 5.15. The second kappa shape index (κ2) is 5.42. The van der Waals surface area contributed by atoms with Crippen LogP contribution in [0.15, 0.2) is 24.3 Å². The lowest BCUT2D eigenvalue weighted by Gasteiger charge is -2.16. The first-order valence-corrected chi connectivity index (χ1v) is 8.91. The topological polar surface area (TPSA) is 17.1 Å². The van der Waals surface area contributed by atoms with E-state index in [-0.39, 0.29) is 5.78 Å². The molecular formula is C19H20OS. The highest BCUT2D eigenvalue weighted by atomic mass is 32.1. The Labute approximate surface area is 130 Å². The van der Waals surface area contributed by atoms with Gasteiger partial charge in [0.05, 0.1) is 4.88 Å². The van der Waals surface area contributed by atoms with Gasteiger partial charge in [-0.3, -0.25) is 4.79 Å². The Hall–Kier alpha value is -1.41. The number of aryl methyl sites for hydroxylation is 4. The molecule has 2 aliphatic carbocycles. The average molecular weight is 296 g/mol. The van der Waals surface area contributed by atoms with E-state index in [2.05, 4.69) is 18.2 Å². The quantitative estimate of drug-likeness (QED) is 0.732. The van der Waals surface area contributed by atoms with Crippen LogP contribution >= 0.6 is 11.3 Å². The summed E-state index contributed by atoms with van der Waals surface area (Å²) in [7, 11) is 0. The van der Waals surface area contributed by atoms with E-state index in [0.717, 1.165) is 29.7 Å². The van der Waals surface area contributed by atoms with Crippen molar-refractivity contribution in [2.45, 2.75) is 51.4 Å². The summed E-state index contributed by atoms with van der Waals surface area (Å²) in [6, 6.07) is 8.51. The van der Waals surface area contributed by atoms with Crippen molar-refractivity contribution in [3.05, 3.63) is 56.3 Å². The van der Waals surface area contributed by atoms with Crippen molar-refractivity contribution in [1.82, 2.24) is 0 Å². The van der Waals surface area contributed by atoms with Crippen LogP contribution < -0.4 is 0 Å². The number of hydrogen-bond acceptors (Lipinski definition) is 2. The van der Waals surface area contributed by atoms with Gasteiger partial charge in [0.2, 0.25) is 5.78 Å². The lowest BCUT2D eigenvalue weighted by Crippen LogP contribution is -2.06. The van der Waals surface area contributed by atoms with E-state index < -0.39 is 0 Å². The molecule has 0 radical (unpaired) electrons. The average Bonchev–Trinajstić information content (AvgIpc) is 2.97. The van der Waals surface area contributed by atoms with Gasteiger partial charge in [-0.2, -0.15) is 0 Å². The minimum absolute atomic E-state index is 0.225. The monoisotopic (exact) mass is 296 g/mol. The van der Waals surface area contributed by atoms with Crippen molar-refractivity contribution in [2.24, 2.45) is 0 Å². The van der Waals surface area contributed by atoms with Gasteiger partial charge in [-0.05, 0) is 80.2 Å². The second-order valence-corrected chi connectivity index (χ2v) is 7.42. The van der Waals surface area contributed by atoms with Gasteiger partial charge >= 0.3 is 0 Å². The highest BCUT2D eigenvalue weighted by Crippen LogP contribution is 2.31. The fourth-order valence-electron chi connectivity index (χ4n) is 3.62. The Balaban J connectivity index is 1.66. The number of benzene rings is 1. The number of rotatable bonds is 2. The normalized spacial score (nSPS) is 17.1. The molecule has 0 fully saturated rings. The number of ketones is 1. The summed E-state index contributed by atoms with van der Waals surface area (Å²) in [4.78, 5) is 15.1. The molecule has 1 aromatic carbocycles. The van der Waals surface area contributed by atoms with Crippen molar-refractivity contribution in [3.63, 3.8) is 0 Å². The minimum atomic E-state index is 0.225. The highest BCUT2D eigenvalue weighted by Gasteiger charge is 2.19. The highest BCUT2D eigenvalue weighted by molar-refractivity contribution is 7.14. The standard InChI is InChI=1S/C19H20OS/c20-19(18-12-15-7-3-4-8-17(15)21-18)16-10-9-13-5-1-2-6-14(13)11-16/h9-12H,1-8H2. The zero-order valence-corrected chi connectivity index (χ0v) is 13.1. The van der Waals surface area contributed by atoms with E-state index in [4.69, 9.17) is 0 Å². The molecule has 0 N–H and O–H groups in total. The summed E-state index contributed by atoms with van der Waals surface area (Å²) < 4.78 is 0. The molecule has 0 bridgehead atoms. The third-order valence-corrected chi connectivity index (χ3v) is 6.07. The van der Waals surface area contributed by atoms with Gasteiger partial charge in [0, 0.05) is 10.4 Å². The van der Waals surface area contributed by atoms with E-state index in [9.17, 15) is 4.79 Å². The van der Waals surface area contributed by atoms with Gasteiger partial charge in [-0.15, -0.1) is 11.3 Å². The Morgan fingerprint density at radius 3 is 2.33 bits per heavy atom. The summed E-state index contributed by atoms with van der Waals surface area (Å²) >= 11 is 1.73. The van der Waals surface area contributed by atoms with Crippen LogP contribution in [0.4, 0.5) is 0 Å². The molecule has 1 aromatic heterocycles. The lowest BCUT2D eigenvalue weighted by atomic mass is 9.89. The molecule has 108 valence electrons. The molecule has 0 saturated carbocycles. The molecule has 2 heteroatoms. The van der Waals surface area contributed by atoms with E-state index in [1.165, 1.54) is 53.7 Å². The maximum atomic E-state index is 12.8. The van der Waals surface area contributed by atoms with Crippen molar-refractivity contribution in [2.75, 3.05) is 0 Å². The number of fused-ring (bicyclic) bond motifs is 2. The van der Waals surface area contributed by atoms with E-state index >= 15 is 0 Å². The molecular weight excluding hydrogens is 276 g/mol. The van der Waals surface area contributed by atoms with Crippen LogP contribution in [0, 0.1) is 0 Å². The number of carbonyl (C=O) groups is 1. The van der Waals surface area contributed by atoms with Gasteiger partial charge in [0.25, 0.3) is 0 Å². The van der Waals surface area contributed by atoms with Crippen LogP contribution in [0.2, 0.25) is 0 Å². The number of hydrogen-bond donors (Lipinski definition) is 0. The maximum Gasteiger partial charge on any atom is 0.202 e. The summed E-state index contributed by atoms with van der Waals surface area (Å²) in [6.45, 7) is 0. The Morgan fingerprint density at radius 1 is 0.810 bits per heavy atom. The summed E-state index contributed by atoms with van der Waals surface area (Å²) in [5.74, 6) is 0.225. The smallest absolute Gasteiger partial charge is 0.202 e. The predicted octanol–water partition coefficient (Wildman–Crippen LogP) is 4.74. The van der Waals surface area contributed by atoms with Gasteiger partial charge in [0.1, 0.15) is 0 Å². The molecule has 1 nitrogen and oxygen atoms in total. The van der Waals surface area contributed by atoms with E-state index in [1.807, 2.05) is 6.07 Å². The maximum absolute atomic E-state index is 12.8. The second-order valence-electron chi connectivity index (χ2n) is 6.29. The first kappa shape index (κ1) is 13.3. The Bertz CT molecular complexity index is 672. The summed E-state index contributed by atoms with van der Waals surface area (Å²) in [5, 5.41) is 0. The largest absolute Gasteiger partial charge is 0.288 e. The molecule has 0 atom stereocenters. The Morgan fingerprint density at radius 2 is 1.52 bits per heavy atom. The van der Waals surface area contributed by atoms with Crippen molar-refractivity contribution in [3.8, 4) is 0 Å². The third kappa shape index (κ3) is 2.46. The van der Waals surface area contributed by atoms with E-state index in [1.54, 1.807) is 11.3 Å². The molecule has 0 aliphatic heterocycles. The molecule has 2 aliphatic rings. The SMILES string of the molecule is O=C(c1ccc2c(c1)CCCC2)c1cc2c(s1)CCCC2. The molecule has 4 rings (SSSR count). The van der Waals surface area contributed by atoms with Gasteiger partial charge in [-0.25, -0.2) is 0 Å². The van der Waals surface area contributed by atoms with Gasteiger partial charge < -0.3 is 0 Å². The fraction of sp³-hybridized carbons (Fsp3) is 0.421. The van der Waals surface area contributed by atoms with Crippen LogP contribution in [-0.4, -0.2) is 5.78 Å². The van der Waals surface area contributed by atoms with E-state index in [0.29, 0.717) is 0 Å². The Kier molecular flexibility index (Phi) is 3.42. The van der Waals surface area contributed by atoms with Crippen LogP contribution in [0.1, 0.15) is 62.5 Å². The number of thiophene rings is 1. The zero-order chi connectivity index (χ0) is 14.2. The predicted molar refractivity (Wildman–Crippen MR) is 87.5 cm³/mol. The first-order chi connectivity index (χ1) is 10.3. The van der Waals surface area contributed by atoms with Crippen LogP contribution in [0.5, 0.6) is 0 Å². The molecule has 1 heterocycles. The molecule has 0 spiro atoms. The molecule has 0 unspecified atom stereocenters. The van der Waals surface area contributed by atoms with Crippen molar-refractivity contribution < 1.29 is 4.79 Å². The molecule has 21 heavy (non-hydrogen) atoms.